The van der Waals surface area contributed by atoms with Crippen molar-refractivity contribution in [2.45, 2.75) is 6.92 Å². The molecule has 0 radical (unpaired) electrons. The summed E-state index contributed by atoms with van der Waals surface area (Å²) in [7, 11) is 0. The molecular formula is C22H20N4O4-2. The van der Waals surface area contributed by atoms with Crippen LogP contribution < -0.4 is 15.9 Å². The molecule has 0 unspecified atom stereocenters. The number of hydrazone groups is 1. The highest BCUT2D eigenvalue weighted by atomic mass is 16.8. The molecule has 3 rings (SSSR count). The fraction of sp³-hybridized carbons (Fsp3) is 0.0455. The van der Waals surface area contributed by atoms with Crippen LogP contribution in [0.2, 0.25) is 0 Å². The van der Waals surface area contributed by atoms with E-state index in [0.717, 1.165) is 22.8 Å². The van der Waals surface area contributed by atoms with E-state index in [4.69, 9.17) is 0 Å². The predicted octanol–water partition coefficient (Wildman–Crippen LogP) is 5.10. The highest BCUT2D eigenvalue weighted by molar-refractivity contribution is 6.27. The minimum absolute atomic E-state index is 0.182. The number of hydrogen-bond acceptors (Lipinski definition) is 8. The lowest BCUT2D eigenvalue weighted by Crippen LogP contribution is -2.14. The number of allylic oxidation sites excluding steroid dienone is 1. The average Bonchev–Trinajstić information content (AvgIpc) is 2.76. The second-order valence-electron chi connectivity index (χ2n) is 6.39. The fourth-order valence-electron chi connectivity index (χ4n) is 2.83. The maximum absolute atomic E-state index is 10.9. The summed E-state index contributed by atoms with van der Waals surface area (Å²) in [5.41, 5.74) is 5.93. The van der Waals surface area contributed by atoms with E-state index in [1.807, 2.05) is 73.7 Å². The number of anilines is 3. The molecule has 0 atom stereocenters. The van der Waals surface area contributed by atoms with Crippen molar-refractivity contribution in [2.75, 3.05) is 15.9 Å². The maximum Gasteiger partial charge on any atom is 0.121 e. The Labute approximate surface area is 173 Å². The van der Waals surface area contributed by atoms with Crippen molar-refractivity contribution in [3.05, 3.63) is 100 Å². The Kier molecular flexibility index (Phi) is 6.79. The Morgan fingerprint density at radius 1 is 0.933 bits per heavy atom. The van der Waals surface area contributed by atoms with Crippen LogP contribution in [0.3, 0.4) is 0 Å². The Hall–Kier alpha value is -3.69. The summed E-state index contributed by atoms with van der Waals surface area (Å²) in [6.45, 7) is 1.81. The molecule has 30 heavy (non-hydrogen) atoms. The topological polar surface area (TPSA) is 117 Å². The van der Waals surface area contributed by atoms with E-state index in [0.29, 0.717) is 5.71 Å². The summed E-state index contributed by atoms with van der Waals surface area (Å²) < 4.78 is 0. The zero-order valence-electron chi connectivity index (χ0n) is 16.1. The molecule has 0 heterocycles. The Bertz CT molecular complexity index is 1040. The molecule has 0 amide bonds. The Morgan fingerprint density at radius 3 is 2.17 bits per heavy atom. The summed E-state index contributed by atoms with van der Waals surface area (Å²) in [6, 6.07) is 23.1. The second-order valence-corrected chi connectivity index (χ2v) is 6.39. The number of nitrogens with one attached hydrogen (secondary N) is 1. The van der Waals surface area contributed by atoms with Gasteiger partial charge < -0.3 is 15.6 Å². The van der Waals surface area contributed by atoms with E-state index in [-0.39, 0.29) is 22.3 Å². The molecule has 0 aliphatic carbocycles. The van der Waals surface area contributed by atoms with Crippen LogP contribution in [-0.2, 0) is 0 Å². The molecule has 3 N–H and O–H groups in total. The van der Waals surface area contributed by atoms with Crippen molar-refractivity contribution in [1.82, 2.24) is 0 Å². The summed E-state index contributed by atoms with van der Waals surface area (Å²) in [6.07, 6.45) is 2.00. The first-order valence-corrected chi connectivity index (χ1v) is 9.05. The van der Waals surface area contributed by atoms with E-state index >= 15 is 0 Å². The van der Waals surface area contributed by atoms with Gasteiger partial charge in [0.2, 0.25) is 0 Å². The number of nitrogens with zero attached hydrogens (tertiary/aromatic N) is 3. The lowest BCUT2D eigenvalue weighted by atomic mass is 9.99. The predicted molar refractivity (Wildman–Crippen MR) is 119 cm³/mol. The average molecular weight is 404 g/mol. The van der Waals surface area contributed by atoms with Gasteiger partial charge in [-0.25, -0.2) is 0 Å². The summed E-state index contributed by atoms with van der Waals surface area (Å²) in [5.74, 6) is 0. The van der Waals surface area contributed by atoms with E-state index < -0.39 is 5.23 Å². The van der Waals surface area contributed by atoms with Crippen molar-refractivity contribution >= 4 is 34.4 Å². The van der Waals surface area contributed by atoms with Crippen molar-refractivity contribution in [2.24, 2.45) is 5.10 Å². The first kappa shape index (κ1) is 21.0. The zero-order valence-corrected chi connectivity index (χ0v) is 16.1. The fourth-order valence-corrected chi connectivity index (χ4v) is 2.83. The van der Waals surface area contributed by atoms with Gasteiger partial charge >= 0.3 is 0 Å². The van der Waals surface area contributed by atoms with Crippen LogP contribution in [0.25, 0.3) is 11.6 Å². The van der Waals surface area contributed by atoms with E-state index in [1.54, 1.807) is 0 Å². The Morgan fingerprint density at radius 2 is 1.57 bits per heavy atom. The van der Waals surface area contributed by atoms with Crippen LogP contribution in [0.4, 0.5) is 17.1 Å². The quantitative estimate of drug-likeness (QED) is 0.285. The van der Waals surface area contributed by atoms with Gasteiger partial charge in [0.25, 0.3) is 0 Å². The Balaban J connectivity index is 1.96. The smallest absolute Gasteiger partial charge is 0.121 e. The first-order chi connectivity index (χ1) is 14.5. The molecular weight excluding hydrogens is 384 g/mol. The molecule has 3 aromatic rings. The molecule has 0 fully saturated rings. The zero-order chi connectivity index (χ0) is 21.5. The lowest BCUT2D eigenvalue weighted by Gasteiger charge is -2.37. The SMILES string of the molecule is CC(=NNc1ccc(N([O-])[O-])cc1N(O)O)C(=Cc1ccccc1)c1ccccc1. The van der Waals surface area contributed by atoms with Gasteiger partial charge in [-0.05, 0) is 42.3 Å². The lowest BCUT2D eigenvalue weighted by molar-refractivity contribution is 0.0295. The van der Waals surface area contributed by atoms with Crippen LogP contribution in [0.5, 0.6) is 0 Å². The molecule has 3 aromatic carbocycles. The molecule has 0 bridgehead atoms. The number of rotatable bonds is 7. The maximum atomic E-state index is 10.9. The largest absolute Gasteiger partial charge is 0.769 e. The number of benzene rings is 3. The number of hydrogen-bond donors (Lipinski definition) is 3. The summed E-state index contributed by atoms with van der Waals surface area (Å²) in [4.78, 5) is 0. The molecule has 0 saturated carbocycles. The van der Waals surface area contributed by atoms with Gasteiger partial charge in [0, 0.05) is 11.3 Å². The molecule has 154 valence electrons. The minimum atomic E-state index is -0.624. The molecule has 8 heteroatoms. The highest BCUT2D eigenvalue weighted by Gasteiger charge is 2.10. The molecule has 0 aromatic heterocycles. The second kappa shape index (κ2) is 9.68. The van der Waals surface area contributed by atoms with Gasteiger partial charge in [-0.1, -0.05) is 60.7 Å². The van der Waals surface area contributed by atoms with Crippen LogP contribution in [0.15, 0.2) is 84.0 Å². The third-order valence-electron chi connectivity index (χ3n) is 4.34. The third-order valence-corrected chi connectivity index (χ3v) is 4.34. The summed E-state index contributed by atoms with van der Waals surface area (Å²) in [5, 5.41) is 44.3. The van der Waals surface area contributed by atoms with Gasteiger partial charge in [0.15, 0.2) is 0 Å². The highest BCUT2D eigenvalue weighted by Crippen LogP contribution is 2.30. The van der Waals surface area contributed by atoms with Crippen LogP contribution in [0, 0.1) is 10.4 Å². The van der Waals surface area contributed by atoms with E-state index in [1.165, 1.54) is 12.1 Å². The molecule has 0 aliphatic heterocycles. The monoisotopic (exact) mass is 404 g/mol. The van der Waals surface area contributed by atoms with Crippen LogP contribution in [-0.4, -0.2) is 16.1 Å². The van der Waals surface area contributed by atoms with Crippen molar-refractivity contribution in [3.63, 3.8) is 0 Å². The standard InChI is InChI=1S/C22H20N4O4/c1-16(23-24-21-13-12-19(25(27)28)15-22(21)26(29)30)20(18-10-6-3-7-11-18)14-17-8-4-2-5-9-17/h2-15,24,29-30H,1H3/q-2. The molecule has 8 nitrogen and oxygen atoms in total. The van der Waals surface area contributed by atoms with Crippen molar-refractivity contribution in [1.29, 1.82) is 0 Å². The van der Waals surface area contributed by atoms with Crippen molar-refractivity contribution < 1.29 is 10.4 Å². The molecule has 0 aliphatic rings. The first-order valence-electron chi connectivity index (χ1n) is 9.05. The molecule has 0 spiro atoms. The van der Waals surface area contributed by atoms with Gasteiger partial charge in [-0.2, -0.15) is 5.10 Å². The van der Waals surface area contributed by atoms with Gasteiger partial charge in [-0.3, -0.25) is 15.8 Å². The third kappa shape index (κ3) is 5.22. The molecule has 0 saturated heterocycles. The summed E-state index contributed by atoms with van der Waals surface area (Å²) >= 11 is 0. The van der Waals surface area contributed by atoms with Crippen molar-refractivity contribution in [3.8, 4) is 0 Å². The van der Waals surface area contributed by atoms with Crippen LogP contribution in [0.1, 0.15) is 18.1 Å². The van der Waals surface area contributed by atoms with Crippen LogP contribution >= 0.6 is 0 Å². The van der Waals surface area contributed by atoms with Gasteiger partial charge in [0.1, 0.15) is 5.69 Å². The van der Waals surface area contributed by atoms with E-state index in [2.05, 4.69) is 10.5 Å². The normalized spacial score (nSPS) is 11.9. The van der Waals surface area contributed by atoms with Gasteiger partial charge in [-0.15, -0.1) is 5.23 Å². The van der Waals surface area contributed by atoms with E-state index in [9.17, 15) is 20.8 Å². The van der Waals surface area contributed by atoms with Gasteiger partial charge in [0.05, 0.1) is 11.4 Å². The minimum Gasteiger partial charge on any atom is -0.769 e.